The Kier molecular flexibility index (Phi) is 12.1. The number of hydrogen-bond donors (Lipinski definition) is 3. The molecule has 0 rings (SSSR count). The normalized spacial score (nSPS) is 9.82. The largest absolute Gasteiger partial charge is 0.395 e. The van der Waals surface area contributed by atoms with E-state index in [-0.39, 0.29) is 28.2 Å². The molecule has 11 heavy (non-hydrogen) atoms. The van der Waals surface area contributed by atoms with Crippen LogP contribution in [0.25, 0.3) is 0 Å². The quantitative estimate of drug-likeness (QED) is 0.389. The van der Waals surface area contributed by atoms with E-state index in [0.29, 0.717) is 19.6 Å². The third-order valence-corrected chi connectivity index (χ3v) is 1.25. The molecular formula is C6H15BNO3. The Labute approximate surface area is 69.0 Å². The zero-order chi connectivity index (χ0) is 7.82. The first-order chi connectivity index (χ1) is 4.85. The number of rotatable bonds is 6. The van der Waals surface area contributed by atoms with Crippen molar-refractivity contribution in [2.24, 2.45) is 0 Å². The van der Waals surface area contributed by atoms with Crippen LogP contribution in [0.1, 0.15) is 0 Å². The third-order valence-electron chi connectivity index (χ3n) is 1.25. The summed E-state index contributed by atoms with van der Waals surface area (Å²) in [5.74, 6) is 0. The van der Waals surface area contributed by atoms with Crippen LogP contribution in [0.4, 0.5) is 0 Å². The zero-order valence-electron chi connectivity index (χ0n) is 6.61. The highest BCUT2D eigenvalue weighted by Crippen LogP contribution is 1.84. The Balaban J connectivity index is 0. The van der Waals surface area contributed by atoms with Crippen molar-refractivity contribution in [1.82, 2.24) is 4.90 Å². The highest BCUT2D eigenvalue weighted by molar-refractivity contribution is 5.75. The average molecular weight is 160 g/mol. The van der Waals surface area contributed by atoms with Gasteiger partial charge >= 0.3 is 0 Å². The topological polar surface area (TPSA) is 63.9 Å². The lowest BCUT2D eigenvalue weighted by molar-refractivity contribution is 0.136. The van der Waals surface area contributed by atoms with Gasteiger partial charge in [-0.15, -0.1) is 0 Å². The predicted octanol–water partition coefficient (Wildman–Crippen LogP) is -2.12. The summed E-state index contributed by atoms with van der Waals surface area (Å²) in [4.78, 5) is 1.79. The highest BCUT2D eigenvalue weighted by atomic mass is 16.3. The second-order valence-electron chi connectivity index (χ2n) is 2.01. The van der Waals surface area contributed by atoms with Gasteiger partial charge in [-0.3, -0.25) is 4.90 Å². The van der Waals surface area contributed by atoms with E-state index < -0.39 is 0 Å². The number of aliphatic hydroxyl groups excluding tert-OH is 3. The van der Waals surface area contributed by atoms with E-state index in [4.69, 9.17) is 15.3 Å². The van der Waals surface area contributed by atoms with Gasteiger partial charge < -0.3 is 15.3 Å². The summed E-state index contributed by atoms with van der Waals surface area (Å²) >= 11 is 0. The molecule has 3 N–H and O–H groups in total. The standard InChI is InChI=1S/C6H15NO3.B/c8-4-1-7(2-5-9)3-6-10;/h8-10H,1-6H2;. The Morgan fingerprint density at radius 3 is 1.18 bits per heavy atom. The maximum absolute atomic E-state index is 8.48. The van der Waals surface area contributed by atoms with Crippen molar-refractivity contribution in [3.63, 3.8) is 0 Å². The van der Waals surface area contributed by atoms with Crippen LogP contribution in [0, 0.1) is 0 Å². The Morgan fingerprint density at radius 2 is 1.00 bits per heavy atom. The molecule has 0 atom stereocenters. The van der Waals surface area contributed by atoms with Crippen LogP contribution in [-0.2, 0) is 0 Å². The molecule has 5 heteroatoms. The van der Waals surface area contributed by atoms with Crippen LogP contribution in [0.15, 0.2) is 0 Å². The van der Waals surface area contributed by atoms with E-state index >= 15 is 0 Å². The van der Waals surface area contributed by atoms with Crippen molar-refractivity contribution in [3.05, 3.63) is 0 Å². The molecule has 0 saturated heterocycles. The zero-order valence-corrected chi connectivity index (χ0v) is 6.61. The molecule has 0 spiro atoms. The molecule has 4 nitrogen and oxygen atoms in total. The van der Waals surface area contributed by atoms with E-state index in [1.807, 2.05) is 0 Å². The van der Waals surface area contributed by atoms with E-state index in [9.17, 15) is 0 Å². The van der Waals surface area contributed by atoms with Crippen LogP contribution in [0.5, 0.6) is 0 Å². The van der Waals surface area contributed by atoms with Crippen molar-refractivity contribution in [1.29, 1.82) is 0 Å². The molecule has 3 radical (unpaired) electrons. The fraction of sp³-hybridized carbons (Fsp3) is 1.00. The van der Waals surface area contributed by atoms with Crippen molar-refractivity contribution < 1.29 is 15.3 Å². The third kappa shape index (κ3) is 7.81. The SMILES string of the molecule is OCCN(CCO)CCO.[B]. The highest BCUT2D eigenvalue weighted by Gasteiger charge is 2.00. The summed E-state index contributed by atoms with van der Waals surface area (Å²) in [5, 5.41) is 25.5. The Hall–Kier alpha value is -0.0951. The lowest BCUT2D eigenvalue weighted by Gasteiger charge is -2.17. The molecule has 0 bridgehead atoms. The minimum atomic E-state index is 0. The van der Waals surface area contributed by atoms with Crippen molar-refractivity contribution in [2.75, 3.05) is 39.5 Å². The average Bonchev–Trinajstić information content (AvgIpc) is 1.90. The van der Waals surface area contributed by atoms with Gasteiger partial charge in [0.15, 0.2) is 0 Å². The van der Waals surface area contributed by atoms with Gasteiger partial charge in [0.1, 0.15) is 0 Å². The van der Waals surface area contributed by atoms with Gasteiger partial charge in [-0.05, 0) is 0 Å². The maximum atomic E-state index is 8.48. The lowest BCUT2D eigenvalue weighted by Crippen LogP contribution is -2.32. The minimum absolute atomic E-state index is 0. The number of hydrogen-bond acceptors (Lipinski definition) is 4. The summed E-state index contributed by atoms with van der Waals surface area (Å²) in [6.07, 6.45) is 0. The Bertz CT molecular complexity index is 60.6. The summed E-state index contributed by atoms with van der Waals surface area (Å²) < 4.78 is 0. The lowest BCUT2D eigenvalue weighted by atomic mass is 10.4. The van der Waals surface area contributed by atoms with E-state index in [0.717, 1.165) is 0 Å². The molecule has 0 fully saturated rings. The first-order valence-corrected chi connectivity index (χ1v) is 3.40. The summed E-state index contributed by atoms with van der Waals surface area (Å²) in [5.41, 5.74) is 0. The smallest absolute Gasteiger partial charge is 0.0558 e. The van der Waals surface area contributed by atoms with E-state index in [1.165, 1.54) is 0 Å². The number of nitrogens with zero attached hydrogens (tertiary/aromatic N) is 1. The fourth-order valence-electron chi connectivity index (χ4n) is 0.760. The van der Waals surface area contributed by atoms with Gasteiger partial charge in [0.05, 0.1) is 19.8 Å². The maximum Gasteiger partial charge on any atom is 0.0558 e. The Morgan fingerprint density at radius 1 is 0.727 bits per heavy atom. The molecule has 0 aromatic heterocycles. The molecule has 0 heterocycles. The molecule has 0 aromatic carbocycles. The van der Waals surface area contributed by atoms with Crippen LogP contribution in [-0.4, -0.2) is 68.1 Å². The molecule has 0 aliphatic rings. The molecule has 0 amide bonds. The summed E-state index contributed by atoms with van der Waals surface area (Å²) in [6.45, 7) is 1.75. The van der Waals surface area contributed by atoms with Gasteiger partial charge in [-0.2, -0.15) is 0 Å². The molecule has 0 unspecified atom stereocenters. The summed E-state index contributed by atoms with van der Waals surface area (Å²) in [6, 6.07) is 0. The van der Waals surface area contributed by atoms with Gasteiger partial charge in [0.25, 0.3) is 0 Å². The van der Waals surface area contributed by atoms with Gasteiger partial charge in [0.2, 0.25) is 0 Å². The van der Waals surface area contributed by atoms with Crippen LogP contribution < -0.4 is 0 Å². The van der Waals surface area contributed by atoms with Gasteiger partial charge in [-0.1, -0.05) is 0 Å². The second kappa shape index (κ2) is 9.90. The first kappa shape index (κ1) is 13.5. The molecule has 0 aliphatic heterocycles. The number of aliphatic hydroxyl groups is 3. The van der Waals surface area contributed by atoms with Gasteiger partial charge in [-0.25, -0.2) is 0 Å². The van der Waals surface area contributed by atoms with Crippen LogP contribution >= 0.6 is 0 Å². The van der Waals surface area contributed by atoms with Crippen molar-refractivity contribution >= 4 is 8.41 Å². The van der Waals surface area contributed by atoms with E-state index in [1.54, 1.807) is 4.90 Å². The van der Waals surface area contributed by atoms with E-state index in [2.05, 4.69) is 0 Å². The molecule has 65 valence electrons. The molecule has 0 aromatic rings. The van der Waals surface area contributed by atoms with Crippen molar-refractivity contribution in [2.45, 2.75) is 0 Å². The minimum Gasteiger partial charge on any atom is -0.395 e. The summed E-state index contributed by atoms with van der Waals surface area (Å²) in [7, 11) is 0. The van der Waals surface area contributed by atoms with Crippen LogP contribution in [0.2, 0.25) is 0 Å². The second-order valence-corrected chi connectivity index (χ2v) is 2.01. The molecular weight excluding hydrogens is 145 g/mol. The predicted molar refractivity (Wildman–Crippen MR) is 43.5 cm³/mol. The molecule has 0 aliphatic carbocycles. The van der Waals surface area contributed by atoms with Crippen LogP contribution in [0.3, 0.4) is 0 Å². The fourth-order valence-corrected chi connectivity index (χ4v) is 0.760. The van der Waals surface area contributed by atoms with Crippen molar-refractivity contribution in [3.8, 4) is 0 Å². The van der Waals surface area contributed by atoms with Gasteiger partial charge in [0, 0.05) is 28.0 Å². The monoisotopic (exact) mass is 160 g/mol. The first-order valence-electron chi connectivity index (χ1n) is 3.40. The molecule has 0 saturated carbocycles.